The van der Waals surface area contributed by atoms with E-state index in [0.29, 0.717) is 23.0 Å². The van der Waals surface area contributed by atoms with Crippen LogP contribution in [0.1, 0.15) is 153 Å². The normalized spacial score (nSPS) is 11.3. The maximum absolute atomic E-state index is 11.2. The van der Waals surface area contributed by atoms with Crippen molar-refractivity contribution in [3.63, 3.8) is 0 Å². The van der Waals surface area contributed by atoms with E-state index in [1.165, 1.54) is 163 Å². The quantitative estimate of drug-likeness (QED) is 0.0313. The van der Waals surface area contributed by atoms with Crippen molar-refractivity contribution >= 4 is 58.0 Å². The summed E-state index contributed by atoms with van der Waals surface area (Å²) in [6, 6.07) is 27.0. The Morgan fingerprint density at radius 1 is 0.390 bits per heavy atom. The summed E-state index contributed by atoms with van der Waals surface area (Å²) in [7, 11) is -8.97. The van der Waals surface area contributed by atoms with Crippen LogP contribution in [-0.4, -0.2) is 63.7 Å². The standard InChI is InChI=1S/2C24H34O4S.Ca/c2*1-2-3-4-5-6-7-8-9-10-11-14-21-15-12-16-22(19-21)28-23-17-13-18-24(20-23)29(25,26)27;/h2*12-13,15-20H,2-11,14H2,1H3,(H,25,26,27);/q;;+2/p-2. The minimum atomic E-state index is -4.48. The van der Waals surface area contributed by atoms with Gasteiger partial charge in [0.05, 0.1) is 9.79 Å². The molecule has 4 rings (SSSR count). The van der Waals surface area contributed by atoms with Crippen molar-refractivity contribution in [2.24, 2.45) is 0 Å². The molecular weight excluding hydrogens is 809 g/mol. The molecule has 59 heavy (non-hydrogen) atoms. The van der Waals surface area contributed by atoms with Gasteiger partial charge in [0.25, 0.3) is 0 Å². The Kier molecular flexibility index (Phi) is 27.3. The molecule has 320 valence electrons. The third-order valence-corrected chi connectivity index (χ3v) is 11.8. The summed E-state index contributed by atoms with van der Waals surface area (Å²) < 4.78 is 78.4. The van der Waals surface area contributed by atoms with E-state index in [0.717, 1.165) is 25.7 Å². The second-order valence-electron chi connectivity index (χ2n) is 15.2. The van der Waals surface area contributed by atoms with Crippen LogP contribution >= 0.6 is 0 Å². The number of hydrogen-bond donors (Lipinski definition) is 0. The van der Waals surface area contributed by atoms with Gasteiger partial charge in [0, 0.05) is 0 Å². The average molecular weight is 875 g/mol. The van der Waals surface area contributed by atoms with E-state index in [1.54, 1.807) is 12.1 Å². The second-order valence-corrected chi connectivity index (χ2v) is 18.0. The smallest absolute Gasteiger partial charge is 0.744 e. The summed E-state index contributed by atoms with van der Waals surface area (Å²) in [5, 5.41) is 0. The molecule has 11 heteroatoms. The summed E-state index contributed by atoms with van der Waals surface area (Å²) in [4.78, 5) is -0.562. The Morgan fingerprint density at radius 2 is 0.661 bits per heavy atom. The van der Waals surface area contributed by atoms with Crippen molar-refractivity contribution in [2.75, 3.05) is 0 Å². The van der Waals surface area contributed by atoms with E-state index in [4.69, 9.17) is 9.47 Å². The number of hydrogen-bond acceptors (Lipinski definition) is 8. The Bertz CT molecular complexity index is 1810. The third kappa shape index (κ3) is 24.0. The van der Waals surface area contributed by atoms with Crippen LogP contribution < -0.4 is 9.47 Å². The minimum absolute atomic E-state index is 0. The van der Waals surface area contributed by atoms with Gasteiger partial charge in [-0.2, -0.15) is 0 Å². The van der Waals surface area contributed by atoms with E-state index in [9.17, 15) is 25.9 Å². The van der Waals surface area contributed by atoms with Crippen LogP contribution in [0, 0.1) is 0 Å². The van der Waals surface area contributed by atoms with Crippen molar-refractivity contribution in [1.82, 2.24) is 0 Å². The van der Waals surface area contributed by atoms with Gasteiger partial charge in [-0.15, -0.1) is 0 Å². The number of rotatable bonds is 28. The topological polar surface area (TPSA) is 133 Å². The zero-order valence-electron chi connectivity index (χ0n) is 35.6. The maximum atomic E-state index is 11.2. The van der Waals surface area contributed by atoms with Gasteiger partial charge in [0.15, 0.2) is 0 Å². The van der Waals surface area contributed by atoms with E-state index in [2.05, 4.69) is 26.0 Å². The summed E-state index contributed by atoms with van der Waals surface area (Å²) >= 11 is 0. The molecule has 0 saturated heterocycles. The molecule has 0 heterocycles. The molecule has 4 aromatic carbocycles. The van der Waals surface area contributed by atoms with Crippen LogP contribution in [0.15, 0.2) is 107 Å². The Hall–Kier alpha value is -2.44. The molecule has 0 aliphatic rings. The van der Waals surface area contributed by atoms with Crippen LogP contribution in [0.4, 0.5) is 0 Å². The average Bonchev–Trinajstić information content (AvgIpc) is 3.19. The molecule has 0 unspecified atom stereocenters. The molecule has 0 aliphatic carbocycles. The van der Waals surface area contributed by atoms with Gasteiger partial charge in [-0.1, -0.05) is 166 Å². The molecule has 0 N–H and O–H groups in total. The molecule has 0 aliphatic heterocycles. The van der Waals surface area contributed by atoms with Gasteiger partial charge in [0.1, 0.15) is 43.2 Å². The molecule has 0 radical (unpaired) electrons. The minimum Gasteiger partial charge on any atom is -0.744 e. The fraction of sp³-hybridized carbons (Fsp3) is 0.500. The van der Waals surface area contributed by atoms with E-state index >= 15 is 0 Å². The summed E-state index contributed by atoms with van der Waals surface area (Å²) in [5.74, 6) is 1.99. The molecular formula is C48H66CaO8S2. The van der Waals surface area contributed by atoms with Crippen LogP contribution in [-0.2, 0) is 33.1 Å². The first-order chi connectivity index (χ1) is 28.0. The molecule has 0 aromatic heterocycles. The zero-order chi connectivity index (χ0) is 41.9. The van der Waals surface area contributed by atoms with Crippen molar-refractivity contribution in [1.29, 1.82) is 0 Å². The molecule has 0 saturated carbocycles. The van der Waals surface area contributed by atoms with Crippen LogP contribution in [0.3, 0.4) is 0 Å². The van der Waals surface area contributed by atoms with E-state index in [-0.39, 0.29) is 47.5 Å². The first-order valence-electron chi connectivity index (χ1n) is 21.6. The van der Waals surface area contributed by atoms with Gasteiger partial charge in [-0.3, -0.25) is 0 Å². The van der Waals surface area contributed by atoms with E-state index in [1.807, 2.05) is 36.4 Å². The predicted molar refractivity (Wildman–Crippen MR) is 239 cm³/mol. The zero-order valence-corrected chi connectivity index (χ0v) is 39.4. The molecule has 0 fully saturated rings. The van der Waals surface area contributed by atoms with Gasteiger partial charge in [-0.05, 0) is 97.5 Å². The molecule has 0 spiro atoms. The molecule has 0 atom stereocenters. The van der Waals surface area contributed by atoms with Crippen LogP contribution in [0.2, 0.25) is 0 Å². The molecule has 8 nitrogen and oxygen atoms in total. The molecule has 4 aromatic rings. The monoisotopic (exact) mass is 874 g/mol. The first kappa shape index (κ1) is 52.7. The van der Waals surface area contributed by atoms with Crippen molar-refractivity contribution in [2.45, 2.75) is 165 Å². The third-order valence-electron chi connectivity index (χ3n) is 10.1. The van der Waals surface area contributed by atoms with Gasteiger partial charge in [0.2, 0.25) is 0 Å². The number of aryl methyl sites for hydroxylation is 2. The van der Waals surface area contributed by atoms with Crippen molar-refractivity contribution in [3.8, 4) is 23.0 Å². The predicted octanol–water partition coefficient (Wildman–Crippen LogP) is 13.3. The van der Waals surface area contributed by atoms with Gasteiger partial charge >= 0.3 is 37.7 Å². The second kappa shape index (κ2) is 30.6. The molecule has 0 amide bonds. The Morgan fingerprint density at radius 3 is 0.966 bits per heavy atom. The first-order valence-corrected chi connectivity index (χ1v) is 24.4. The van der Waals surface area contributed by atoms with Crippen molar-refractivity contribution < 1.29 is 35.4 Å². The SMILES string of the molecule is CCCCCCCCCCCCc1cccc(Oc2cccc(S(=O)(=O)[O-])c2)c1.CCCCCCCCCCCCc1cccc(Oc2cccc(S(=O)(=O)[O-])c2)c1.[Ca+2]. The Balaban J connectivity index is 0.000000400. The van der Waals surface area contributed by atoms with Crippen LogP contribution in [0.25, 0.3) is 0 Å². The maximum Gasteiger partial charge on any atom is 2.00 e. The fourth-order valence-corrected chi connectivity index (χ4v) is 7.83. The molecule has 0 bridgehead atoms. The fourth-order valence-electron chi connectivity index (χ4n) is 6.82. The van der Waals surface area contributed by atoms with Gasteiger partial charge in [-0.25, -0.2) is 16.8 Å². The van der Waals surface area contributed by atoms with Crippen molar-refractivity contribution in [3.05, 3.63) is 108 Å². The number of unbranched alkanes of at least 4 members (excludes halogenated alkanes) is 18. The Labute approximate surface area is 386 Å². The largest absolute Gasteiger partial charge is 2.00 e. The summed E-state index contributed by atoms with van der Waals surface area (Å²) in [6.07, 6.45) is 28.3. The summed E-state index contributed by atoms with van der Waals surface area (Å²) in [5.41, 5.74) is 2.41. The van der Waals surface area contributed by atoms with E-state index < -0.39 is 20.2 Å². The van der Waals surface area contributed by atoms with Crippen LogP contribution in [0.5, 0.6) is 23.0 Å². The van der Waals surface area contributed by atoms with Gasteiger partial charge < -0.3 is 18.6 Å². The summed E-state index contributed by atoms with van der Waals surface area (Å²) in [6.45, 7) is 4.50. The number of ether oxygens (including phenoxy) is 2. The number of benzene rings is 4.